The van der Waals surface area contributed by atoms with Gasteiger partial charge in [-0.2, -0.15) is 0 Å². The monoisotopic (exact) mass is 526 g/mol. The second-order valence-corrected chi connectivity index (χ2v) is 9.90. The molecule has 0 aromatic carbocycles. The Bertz CT molecular complexity index is 538. The van der Waals surface area contributed by atoms with Crippen LogP contribution in [0.1, 0.15) is 149 Å². The normalized spacial score (nSPS) is 11.0. The lowest BCUT2D eigenvalue weighted by Gasteiger charge is -2.31. The lowest BCUT2D eigenvalue weighted by Crippen LogP contribution is -2.42. The van der Waals surface area contributed by atoms with Crippen LogP contribution in [-0.4, -0.2) is 30.0 Å². The number of hydrogen-bond donors (Lipinski definition) is 0. The molecule has 0 heterocycles. The highest BCUT2D eigenvalue weighted by atomic mass is 16.9. The molecule has 0 atom stereocenters. The molecule has 2 N–H and O–H groups in total. The van der Waals surface area contributed by atoms with Crippen molar-refractivity contribution in [3.63, 3.8) is 0 Å². The lowest BCUT2D eigenvalue weighted by atomic mass is 10.1. The number of ether oxygens (including phenoxy) is 3. The van der Waals surface area contributed by atoms with Crippen molar-refractivity contribution < 1.29 is 29.3 Å². The molecule has 0 aromatic rings. The highest BCUT2D eigenvalue weighted by Gasteiger charge is 2.39. The smallest absolute Gasteiger partial charge is 0.376 e. The molecule has 0 aromatic heterocycles. The molecule has 6 heteroatoms. The van der Waals surface area contributed by atoms with Crippen LogP contribution in [0.4, 0.5) is 0 Å². The van der Waals surface area contributed by atoms with Gasteiger partial charge in [-0.05, 0) is 12.8 Å². The molecule has 218 valence electrons. The molecule has 37 heavy (non-hydrogen) atoms. The van der Waals surface area contributed by atoms with Gasteiger partial charge in [0.15, 0.2) is 0 Å². The first kappa shape index (κ1) is 37.5. The standard InChI is InChI=1S/C31H56O5.H2O/c1-5-9-11-13-15-17-19-21-23-25-27-31(35-29(32)7-3,36-30(33)8-4)34-28-26-24-22-20-18-16-14-12-10-6-2;/h7-8H,3-6,9-28H2,1-2H3;1H2. The zero-order chi connectivity index (χ0) is 26.7. The van der Waals surface area contributed by atoms with Crippen molar-refractivity contribution in [3.8, 4) is 0 Å². The molecule has 0 aliphatic rings. The van der Waals surface area contributed by atoms with E-state index in [0.29, 0.717) is 13.0 Å². The van der Waals surface area contributed by atoms with Crippen molar-refractivity contribution in [2.45, 2.75) is 155 Å². The second-order valence-electron chi connectivity index (χ2n) is 9.90. The van der Waals surface area contributed by atoms with Gasteiger partial charge in [-0.15, -0.1) is 0 Å². The van der Waals surface area contributed by atoms with Crippen molar-refractivity contribution in [3.05, 3.63) is 25.3 Å². The molecule has 6 nitrogen and oxygen atoms in total. The van der Waals surface area contributed by atoms with E-state index in [4.69, 9.17) is 14.2 Å². The van der Waals surface area contributed by atoms with Crippen LogP contribution < -0.4 is 0 Å². The van der Waals surface area contributed by atoms with Crippen molar-refractivity contribution in [1.29, 1.82) is 0 Å². The van der Waals surface area contributed by atoms with E-state index < -0.39 is 17.9 Å². The quantitative estimate of drug-likeness (QED) is 0.0463. The zero-order valence-electron chi connectivity index (χ0n) is 24.2. The molecule has 0 spiro atoms. The SMILES string of the molecule is C=CC(=O)OC(CCCCCCCCCCCC)(OCCCCCCCCCCCC)OC(=O)C=C.O. The van der Waals surface area contributed by atoms with Crippen LogP contribution in [0.25, 0.3) is 0 Å². The van der Waals surface area contributed by atoms with E-state index in [1.807, 2.05) is 0 Å². The second kappa shape index (κ2) is 27.4. The van der Waals surface area contributed by atoms with Gasteiger partial charge in [-0.3, -0.25) is 0 Å². The van der Waals surface area contributed by atoms with E-state index >= 15 is 0 Å². The van der Waals surface area contributed by atoms with E-state index in [2.05, 4.69) is 27.0 Å². The molecule has 0 amide bonds. The number of esters is 2. The zero-order valence-corrected chi connectivity index (χ0v) is 24.2. The minimum absolute atomic E-state index is 0. The third-order valence-electron chi connectivity index (χ3n) is 6.50. The van der Waals surface area contributed by atoms with E-state index in [1.165, 1.54) is 89.9 Å². The van der Waals surface area contributed by atoms with Gasteiger partial charge < -0.3 is 19.7 Å². The number of carbonyl (C=O) groups is 2. The third kappa shape index (κ3) is 23.2. The van der Waals surface area contributed by atoms with Gasteiger partial charge in [0.05, 0.1) is 13.0 Å². The van der Waals surface area contributed by atoms with Crippen LogP contribution in [0.3, 0.4) is 0 Å². The summed E-state index contributed by atoms with van der Waals surface area (Å²) >= 11 is 0. The van der Waals surface area contributed by atoms with Gasteiger partial charge in [0.2, 0.25) is 0 Å². The highest BCUT2D eigenvalue weighted by Crippen LogP contribution is 2.26. The summed E-state index contributed by atoms with van der Waals surface area (Å²) in [5.41, 5.74) is 0. The van der Waals surface area contributed by atoms with Crippen molar-refractivity contribution in [2.75, 3.05) is 6.61 Å². The Morgan fingerprint density at radius 2 is 0.892 bits per heavy atom. The molecule has 0 fully saturated rings. The molecule has 0 bridgehead atoms. The Balaban J connectivity index is 0. The van der Waals surface area contributed by atoms with Crippen molar-refractivity contribution >= 4 is 11.9 Å². The third-order valence-corrected chi connectivity index (χ3v) is 6.50. The van der Waals surface area contributed by atoms with E-state index in [-0.39, 0.29) is 5.48 Å². The fourth-order valence-electron chi connectivity index (χ4n) is 4.29. The summed E-state index contributed by atoms with van der Waals surface area (Å²) in [6, 6.07) is 0. The Kier molecular flexibility index (Phi) is 27.7. The summed E-state index contributed by atoms with van der Waals surface area (Å²) in [5.74, 6) is -3.04. The predicted molar refractivity (Wildman–Crippen MR) is 153 cm³/mol. The topological polar surface area (TPSA) is 93.3 Å². The molecule has 0 aliphatic carbocycles. The van der Waals surface area contributed by atoms with E-state index in [1.54, 1.807) is 0 Å². The number of rotatable bonds is 27. The summed E-state index contributed by atoms with van der Waals surface area (Å²) in [6.07, 6.45) is 26.4. The van der Waals surface area contributed by atoms with Crippen LogP contribution in [-0.2, 0) is 23.8 Å². The van der Waals surface area contributed by atoms with E-state index in [9.17, 15) is 9.59 Å². The summed E-state index contributed by atoms with van der Waals surface area (Å²) in [4.78, 5) is 24.1. The minimum Gasteiger partial charge on any atom is -0.412 e. The van der Waals surface area contributed by atoms with Gasteiger partial charge in [0.1, 0.15) is 0 Å². The number of carbonyl (C=O) groups excluding carboxylic acids is 2. The first-order valence-electron chi connectivity index (χ1n) is 14.9. The Morgan fingerprint density at radius 1 is 0.568 bits per heavy atom. The summed E-state index contributed by atoms with van der Waals surface area (Å²) in [7, 11) is 0. The maximum atomic E-state index is 12.0. The molecule has 0 aliphatic heterocycles. The lowest BCUT2D eigenvalue weighted by molar-refractivity contribution is -0.345. The maximum absolute atomic E-state index is 12.0. The largest absolute Gasteiger partial charge is 0.412 e. The highest BCUT2D eigenvalue weighted by molar-refractivity contribution is 5.83. The summed E-state index contributed by atoms with van der Waals surface area (Å²) in [5, 5.41) is 0. The summed E-state index contributed by atoms with van der Waals surface area (Å²) in [6.45, 7) is 11.8. The molecule has 0 radical (unpaired) electrons. The van der Waals surface area contributed by atoms with Crippen LogP contribution >= 0.6 is 0 Å². The molecule has 0 saturated carbocycles. The van der Waals surface area contributed by atoms with Gasteiger partial charge in [0, 0.05) is 12.2 Å². The van der Waals surface area contributed by atoms with Gasteiger partial charge in [-0.1, -0.05) is 143 Å². The summed E-state index contributed by atoms with van der Waals surface area (Å²) < 4.78 is 16.9. The van der Waals surface area contributed by atoms with Crippen LogP contribution in [0, 0.1) is 0 Å². The Hall–Kier alpha value is -1.66. The van der Waals surface area contributed by atoms with Gasteiger partial charge in [-0.25, -0.2) is 9.59 Å². The molecular weight excluding hydrogens is 468 g/mol. The van der Waals surface area contributed by atoms with Crippen LogP contribution in [0.15, 0.2) is 25.3 Å². The fraction of sp³-hybridized carbons (Fsp3) is 0.806. The molecule has 0 unspecified atom stereocenters. The number of hydrogen-bond acceptors (Lipinski definition) is 5. The van der Waals surface area contributed by atoms with Crippen LogP contribution in [0.2, 0.25) is 0 Å². The maximum Gasteiger partial charge on any atom is 0.376 e. The number of unbranched alkanes of at least 4 members (excludes halogenated alkanes) is 18. The molecule has 0 rings (SSSR count). The van der Waals surface area contributed by atoms with Crippen molar-refractivity contribution in [2.24, 2.45) is 0 Å². The van der Waals surface area contributed by atoms with Gasteiger partial charge in [0.25, 0.3) is 0 Å². The first-order chi connectivity index (χ1) is 17.5. The van der Waals surface area contributed by atoms with Crippen molar-refractivity contribution in [1.82, 2.24) is 0 Å². The molecule has 0 saturated heterocycles. The Morgan fingerprint density at radius 3 is 1.24 bits per heavy atom. The first-order valence-corrected chi connectivity index (χ1v) is 14.9. The predicted octanol–water partition coefficient (Wildman–Crippen LogP) is 8.52. The van der Waals surface area contributed by atoms with Crippen LogP contribution in [0.5, 0.6) is 0 Å². The average molecular weight is 527 g/mol. The molecular formula is C31H58O6. The van der Waals surface area contributed by atoms with E-state index in [0.717, 1.165) is 50.7 Å². The fourth-order valence-corrected chi connectivity index (χ4v) is 4.29. The Labute approximate surface area is 227 Å². The average Bonchev–Trinajstić information content (AvgIpc) is 2.88. The van der Waals surface area contributed by atoms with Gasteiger partial charge >= 0.3 is 17.9 Å². The minimum atomic E-state index is -1.71.